The second-order valence-corrected chi connectivity index (χ2v) is 16.0. The van der Waals surface area contributed by atoms with Gasteiger partial charge in [0.1, 0.15) is 13.2 Å². The van der Waals surface area contributed by atoms with Crippen LogP contribution < -0.4 is 10.2 Å². The topological polar surface area (TPSA) is 108 Å². The zero-order valence-corrected chi connectivity index (χ0v) is 34.2. The number of amides is 1. The molecule has 0 aliphatic carbocycles. The van der Waals surface area contributed by atoms with E-state index in [2.05, 4.69) is 67.8 Å². The summed E-state index contributed by atoms with van der Waals surface area (Å²) in [5.74, 6) is -0.212. The fraction of sp³-hybridized carbons (Fsp3) is 0.738. The standard InChI is InChI=1S/C42H77N2O6P/c1-6-8-10-12-14-15-16-17-18-19-20-21-22-23-24-25-26-27-28-29-30-32-34-36-42(46)43-40(41(45)35-33-31-13-11-9-7-2)39-50-51(47,48)49-38-37-44(3,4)5/h8,10,14-15,17-18,20-21,33,35,40-41,45H,6-7,9,11-13,16,19,22-32,34,36-39H2,1-5H3,(H-,43,46,47,48)/b10-8-,15-14-,18-17-,21-20-,35-33+. The van der Waals surface area contributed by atoms with E-state index in [1.54, 1.807) is 6.08 Å². The van der Waals surface area contributed by atoms with Crippen LogP contribution in [0.3, 0.4) is 0 Å². The molecule has 3 atom stereocenters. The van der Waals surface area contributed by atoms with E-state index in [-0.39, 0.29) is 19.1 Å². The first-order valence-corrected chi connectivity index (χ1v) is 21.6. The predicted octanol–water partition coefficient (Wildman–Crippen LogP) is 10.1. The van der Waals surface area contributed by atoms with Gasteiger partial charge in [-0.2, -0.15) is 0 Å². The molecule has 0 radical (unpaired) electrons. The van der Waals surface area contributed by atoms with Crippen LogP contribution in [0.25, 0.3) is 0 Å². The van der Waals surface area contributed by atoms with E-state index in [4.69, 9.17) is 9.05 Å². The Morgan fingerprint density at radius 3 is 1.75 bits per heavy atom. The van der Waals surface area contributed by atoms with E-state index < -0.39 is 20.0 Å². The maximum atomic E-state index is 12.7. The maximum Gasteiger partial charge on any atom is 0.268 e. The SMILES string of the molecule is CC/C=C\C/C=C\C/C=C\C/C=C\CCCCCCCCCCCCC(=O)NC(COP(=O)([O-])OCC[N+](C)(C)C)C(O)/C=C/CCCCCC. The van der Waals surface area contributed by atoms with Crippen LogP contribution >= 0.6 is 7.82 Å². The average Bonchev–Trinajstić information content (AvgIpc) is 3.07. The predicted molar refractivity (Wildman–Crippen MR) is 214 cm³/mol. The van der Waals surface area contributed by atoms with Gasteiger partial charge in [0.25, 0.3) is 7.82 Å². The van der Waals surface area contributed by atoms with E-state index in [1.807, 2.05) is 27.2 Å². The number of quaternary nitrogens is 1. The summed E-state index contributed by atoms with van der Waals surface area (Å²) in [6.45, 7) is 4.42. The molecule has 0 spiro atoms. The molecular formula is C42H77N2O6P. The minimum atomic E-state index is -4.57. The van der Waals surface area contributed by atoms with Gasteiger partial charge in [-0.3, -0.25) is 9.36 Å². The largest absolute Gasteiger partial charge is 0.756 e. The van der Waals surface area contributed by atoms with Crippen LogP contribution in [0.5, 0.6) is 0 Å². The number of phosphoric acid groups is 1. The average molecular weight is 737 g/mol. The number of carbonyl (C=O) groups excluding carboxylic acids is 1. The van der Waals surface area contributed by atoms with Gasteiger partial charge in [0.2, 0.25) is 5.91 Å². The molecule has 0 aliphatic rings. The molecule has 0 saturated carbocycles. The van der Waals surface area contributed by atoms with Crippen molar-refractivity contribution in [2.45, 2.75) is 161 Å². The van der Waals surface area contributed by atoms with Crippen molar-refractivity contribution in [3.05, 3.63) is 60.8 Å². The first-order valence-electron chi connectivity index (χ1n) is 20.2. The number of phosphoric ester groups is 1. The molecule has 2 N–H and O–H groups in total. The molecule has 1 amide bonds. The Balaban J connectivity index is 4.18. The third-order valence-corrected chi connectivity index (χ3v) is 9.45. The summed E-state index contributed by atoms with van der Waals surface area (Å²) < 4.78 is 23.0. The normalized spacial score (nSPS) is 15.2. The molecule has 0 aromatic rings. The minimum Gasteiger partial charge on any atom is -0.756 e. The molecule has 3 unspecified atom stereocenters. The molecule has 0 heterocycles. The number of likely N-dealkylation sites (N-methyl/N-ethyl adjacent to an activating group) is 1. The summed E-state index contributed by atoms with van der Waals surface area (Å²) in [6, 6.07) is -0.887. The van der Waals surface area contributed by atoms with Crippen LogP contribution in [0, 0.1) is 0 Å². The zero-order chi connectivity index (χ0) is 37.9. The Labute approximate surface area is 313 Å². The highest BCUT2D eigenvalue weighted by molar-refractivity contribution is 7.45. The quantitative estimate of drug-likeness (QED) is 0.0290. The molecule has 8 nitrogen and oxygen atoms in total. The fourth-order valence-electron chi connectivity index (χ4n) is 5.26. The summed E-state index contributed by atoms with van der Waals surface area (Å²) in [6.07, 6.45) is 43.0. The van der Waals surface area contributed by atoms with Crippen molar-refractivity contribution >= 4 is 13.7 Å². The Morgan fingerprint density at radius 1 is 0.706 bits per heavy atom. The Bertz CT molecular complexity index is 1020. The summed E-state index contributed by atoms with van der Waals surface area (Å²) in [7, 11) is 1.24. The molecule has 0 rings (SSSR count). The van der Waals surface area contributed by atoms with Crippen molar-refractivity contribution in [1.82, 2.24) is 5.32 Å². The molecule has 9 heteroatoms. The number of hydrogen-bond acceptors (Lipinski definition) is 6. The number of nitrogens with zero attached hydrogens (tertiary/aromatic N) is 1. The van der Waals surface area contributed by atoms with Gasteiger partial charge in [-0.15, -0.1) is 0 Å². The van der Waals surface area contributed by atoms with Gasteiger partial charge in [0.05, 0.1) is 39.9 Å². The lowest BCUT2D eigenvalue weighted by Gasteiger charge is -2.29. The van der Waals surface area contributed by atoms with Gasteiger partial charge in [0, 0.05) is 6.42 Å². The summed E-state index contributed by atoms with van der Waals surface area (Å²) >= 11 is 0. The van der Waals surface area contributed by atoms with Crippen molar-refractivity contribution in [2.24, 2.45) is 0 Å². The third kappa shape index (κ3) is 36.4. The van der Waals surface area contributed by atoms with Gasteiger partial charge >= 0.3 is 0 Å². The number of aliphatic hydroxyl groups excluding tert-OH is 1. The van der Waals surface area contributed by atoms with Gasteiger partial charge in [-0.1, -0.05) is 145 Å². The van der Waals surface area contributed by atoms with Crippen molar-refractivity contribution in [3.63, 3.8) is 0 Å². The summed E-state index contributed by atoms with van der Waals surface area (Å²) in [5.41, 5.74) is 0. The van der Waals surface area contributed by atoms with Gasteiger partial charge < -0.3 is 28.8 Å². The monoisotopic (exact) mass is 737 g/mol. The van der Waals surface area contributed by atoms with Gasteiger partial charge in [0.15, 0.2) is 0 Å². The number of rotatable bonds is 35. The number of nitrogens with one attached hydrogen (secondary N) is 1. The lowest BCUT2D eigenvalue weighted by molar-refractivity contribution is -0.870. The van der Waals surface area contributed by atoms with E-state index in [9.17, 15) is 19.4 Å². The first kappa shape index (κ1) is 49.2. The number of carbonyl (C=O) groups is 1. The van der Waals surface area contributed by atoms with Gasteiger partial charge in [-0.25, -0.2) is 0 Å². The van der Waals surface area contributed by atoms with E-state index in [0.29, 0.717) is 17.4 Å². The van der Waals surface area contributed by atoms with Crippen LogP contribution in [0.2, 0.25) is 0 Å². The molecule has 296 valence electrons. The highest BCUT2D eigenvalue weighted by atomic mass is 31.2. The summed E-state index contributed by atoms with van der Waals surface area (Å²) in [4.78, 5) is 25.1. The smallest absolute Gasteiger partial charge is 0.268 e. The molecule has 0 aliphatic heterocycles. The van der Waals surface area contributed by atoms with Crippen molar-refractivity contribution in [3.8, 4) is 0 Å². The highest BCUT2D eigenvalue weighted by Crippen LogP contribution is 2.38. The molecule has 51 heavy (non-hydrogen) atoms. The number of hydrogen-bond donors (Lipinski definition) is 2. The maximum absolute atomic E-state index is 12.7. The van der Waals surface area contributed by atoms with Crippen LogP contribution in [-0.2, 0) is 18.4 Å². The third-order valence-electron chi connectivity index (χ3n) is 8.48. The molecule has 0 aromatic heterocycles. The van der Waals surface area contributed by atoms with Crippen LogP contribution in [-0.4, -0.2) is 68.5 Å². The molecule has 0 aromatic carbocycles. The highest BCUT2D eigenvalue weighted by Gasteiger charge is 2.23. The Kier molecular flexibility index (Phi) is 32.8. The summed E-state index contributed by atoms with van der Waals surface area (Å²) in [5, 5.41) is 13.6. The first-order chi connectivity index (χ1) is 24.5. The minimum absolute atomic E-state index is 0.00519. The van der Waals surface area contributed by atoms with Crippen LogP contribution in [0.1, 0.15) is 149 Å². The lowest BCUT2D eigenvalue weighted by Crippen LogP contribution is -2.45. The molecular weight excluding hydrogens is 659 g/mol. The van der Waals surface area contributed by atoms with E-state index in [1.165, 1.54) is 57.8 Å². The number of aliphatic hydroxyl groups is 1. The fourth-order valence-corrected chi connectivity index (χ4v) is 5.98. The number of unbranched alkanes of at least 4 members (excludes halogenated alkanes) is 14. The molecule has 0 bridgehead atoms. The lowest BCUT2D eigenvalue weighted by atomic mass is 10.0. The second-order valence-electron chi connectivity index (χ2n) is 14.6. The zero-order valence-electron chi connectivity index (χ0n) is 33.3. The Morgan fingerprint density at radius 2 is 1.20 bits per heavy atom. The number of allylic oxidation sites excluding steroid dienone is 9. The van der Waals surface area contributed by atoms with Crippen LogP contribution in [0.15, 0.2) is 60.8 Å². The molecule has 0 saturated heterocycles. The van der Waals surface area contributed by atoms with E-state index >= 15 is 0 Å². The van der Waals surface area contributed by atoms with Crippen molar-refractivity contribution in [1.29, 1.82) is 0 Å². The van der Waals surface area contributed by atoms with Crippen molar-refractivity contribution in [2.75, 3.05) is 40.9 Å². The van der Waals surface area contributed by atoms with Crippen LogP contribution in [0.4, 0.5) is 0 Å². The second kappa shape index (κ2) is 34.0. The Hall–Kier alpha value is -1.80. The molecule has 0 fully saturated rings. The van der Waals surface area contributed by atoms with Crippen molar-refractivity contribution < 1.29 is 32.9 Å². The van der Waals surface area contributed by atoms with Gasteiger partial charge in [-0.05, 0) is 57.8 Å². The van der Waals surface area contributed by atoms with E-state index in [0.717, 1.165) is 70.6 Å².